The van der Waals surface area contributed by atoms with Gasteiger partial charge in [-0.15, -0.1) is 0 Å². The third-order valence-corrected chi connectivity index (χ3v) is 5.37. The maximum absolute atomic E-state index is 6.21. The molecular formula is C24H25BrClNO3. The van der Waals surface area contributed by atoms with E-state index >= 15 is 0 Å². The van der Waals surface area contributed by atoms with Crippen LogP contribution in [0, 0.1) is 6.92 Å². The third-order valence-electron chi connectivity index (χ3n) is 4.48. The van der Waals surface area contributed by atoms with Crippen LogP contribution in [-0.2, 0) is 13.2 Å². The molecule has 0 spiro atoms. The van der Waals surface area contributed by atoms with Crippen LogP contribution in [0.1, 0.15) is 23.6 Å². The van der Waals surface area contributed by atoms with Gasteiger partial charge in [-0.25, -0.2) is 0 Å². The molecule has 6 heteroatoms. The molecule has 158 valence electrons. The van der Waals surface area contributed by atoms with E-state index in [4.69, 9.17) is 25.8 Å². The number of halogens is 2. The fraction of sp³-hybridized carbons (Fsp3) is 0.250. The topological polar surface area (TPSA) is 39.7 Å². The zero-order valence-electron chi connectivity index (χ0n) is 17.3. The van der Waals surface area contributed by atoms with Crippen LogP contribution in [0.5, 0.6) is 17.2 Å². The first-order valence-electron chi connectivity index (χ1n) is 9.71. The van der Waals surface area contributed by atoms with Crippen molar-refractivity contribution in [3.63, 3.8) is 0 Å². The maximum Gasteiger partial charge on any atom is 0.175 e. The molecule has 0 atom stereocenters. The van der Waals surface area contributed by atoms with Crippen LogP contribution < -0.4 is 19.5 Å². The summed E-state index contributed by atoms with van der Waals surface area (Å²) in [6, 6.07) is 17.9. The molecule has 1 N–H and O–H groups in total. The van der Waals surface area contributed by atoms with Gasteiger partial charge in [-0.2, -0.15) is 0 Å². The van der Waals surface area contributed by atoms with Gasteiger partial charge in [0.05, 0.1) is 23.2 Å². The van der Waals surface area contributed by atoms with Gasteiger partial charge in [-0.3, -0.25) is 0 Å². The Morgan fingerprint density at radius 2 is 1.80 bits per heavy atom. The second kappa shape index (κ2) is 10.6. The number of methoxy groups -OCH3 is 1. The van der Waals surface area contributed by atoms with Crippen LogP contribution >= 0.6 is 27.5 Å². The average molecular weight is 491 g/mol. The van der Waals surface area contributed by atoms with Crippen molar-refractivity contribution in [3.8, 4) is 17.2 Å². The molecule has 3 aromatic carbocycles. The van der Waals surface area contributed by atoms with Gasteiger partial charge in [0.25, 0.3) is 0 Å². The largest absolute Gasteiger partial charge is 0.495 e. The van der Waals surface area contributed by atoms with Crippen molar-refractivity contribution < 1.29 is 14.2 Å². The predicted molar refractivity (Wildman–Crippen MR) is 126 cm³/mol. The molecular weight excluding hydrogens is 466 g/mol. The molecule has 3 rings (SSSR count). The van der Waals surface area contributed by atoms with E-state index in [0.29, 0.717) is 42.0 Å². The monoisotopic (exact) mass is 489 g/mol. The number of rotatable bonds is 9. The molecule has 0 amide bonds. The number of ether oxygens (including phenoxy) is 3. The van der Waals surface area contributed by atoms with Gasteiger partial charge in [0.2, 0.25) is 0 Å². The zero-order valence-corrected chi connectivity index (χ0v) is 19.6. The van der Waals surface area contributed by atoms with Crippen LogP contribution in [0.25, 0.3) is 0 Å². The standard InChI is InChI=1S/C24H25BrClNO3/c1-4-29-23-12-18(14-27-19-8-9-22(28-3)21(26)13-19)11-20(25)24(23)30-15-17-7-5-6-16(2)10-17/h5-13,27H,4,14-15H2,1-3H3. The number of hydrogen-bond donors (Lipinski definition) is 1. The minimum absolute atomic E-state index is 0.475. The van der Waals surface area contributed by atoms with Gasteiger partial charge >= 0.3 is 0 Å². The number of anilines is 1. The lowest BCUT2D eigenvalue weighted by Crippen LogP contribution is -2.04. The van der Waals surface area contributed by atoms with E-state index in [1.54, 1.807) is 7.11 Å². The van der Waals surface area contributed by atoms with E-state index in [1.165, 1.54) is 5.56 Å². The highest BCUT2D eigenvalue weighted by Gasteiger charge is 2.13. The van der Waals surface area contributed by atoms with Crippen LogP contribution in [0.4, 0.5) is 5.69 Å². The smallest absolute Gasteiger partial charge is 0.175 e. The molecule has 0 aliphatic rings. The highest BCUT2D eigenvalue weighted by atomic mass is 79.9. The van der Waals surface area contributed by atoms with Crippen LogP contribution in [0.2, 0.25) is 5.02 Å². The Morgan fingerprint density at radius 1 is 0.967 bits per heavy atom. The molecule has 0 heterocycles. The van der Waals surface area contributed by atoms with E-state index in [1.807, 2.05) is 43.3 Å². The first-order chi connectivity index (χ1) is 14.5. The molecule has 0 aliphatic carbocycles. The number of benzene rings is 3. The molecule has 3 aromatic rings. The Morgan fingerprint density at radius 3 is 2.50 bits per heavy atom. The summed E-state index contributed by atoms with van der Waals surface area (Å²) in [5, 5.41) is 3.94. The maximum atomic E-state index is 6.21. The predicted octanol–water partition coefficient (Wildman–Crippen LogP) is 7.01. The number of hydrogen-bond acceptors (Lipinski definition) is 4. The van der Waals surface area contributed by atoms with E-state index in [9.17, 15) is 0 Å². The Balaban J connectivity index is 1.74. The van der Waals surface area contributed by atoms with Crippen LogP contribution in [-0.4, -0.2) is 13.7 Å². The molecule has 0 bridgehead atoms. The second-order valence-electron chi connectivity index (χ2n) is 6.82. The molecule has 4 nitrogen and oxygen atoms in total. The molecule has 0 fully saturated rings. The Kier molecular flexibility index (Phi) is 7.88. The van der Waals surface area contributed by atoms with Gasteiger partial charge in [-0.1, -0.05) is 41.4 Å². The Labute approximate surface area is 191 Å². The molecule has 0 saturated heterocycles. The zero-order chi connectivity index (χ0) is 21.5. The van der Waals surface area contributed by atoms with Crippen molar-refractivity contribution in [2.24, 2.45) is 0 Å². The summed E-state index contributed by atoms with van der Waals surface area (Å²) in [7, 11) is 1.60. The van der Waals surface area contributed by atoms with E-state index in [2.05, 4.69) is 46.4 Å². The molecule has 0 saturated carbocycles. The van der Waals surface area contributed by atoms with Crippen molar-refractivity contribution in [2.75, 3.05) is 19.0 Å². The SMILES string of the molecule is CCOc1cc(CNc2ccc(OC)c(Cl)c2)cc(Br)c1OCc1cccc(C)c1. The van der Waals surface area contributed by atoms with Gasteiger partial charge in [0, 0.05) is 12.2 Å². The number of nitrogens with one attached hydrogen (secondary N) is 1. The Hall–Kier alpha value is -2.37. The molecule has 0 aromatic heterocycles. The third kappa shape index (κ3) is 5.83. The van der Waals surface area contributed by atoms with E-state index in [-0.39, 0.29) is 0 Å². The first kappa shape index (κ1) is 22.3. The van der Waals surface area contributed by atoms with Gasteiger partial charge in [0.1, 0.15) is 12.4 Å². The lowest BCUT2D eigenvalue weighted by atomic mass is 10.1. The molecule has 0 radical (unpaired) electrons. The highest BCUT2D eigenvalue weighted by molar-refractivity contribution is 9.10. The molecule has 0 unspecified atom stereocenters. The summed E-state index contributed by atoms with van der Waals surface area (Å²) in [5.74, 6) is 2.07. The summed E-state index contributed by atoms with van der Waals surface area (Å²) in [5.41, 5.74) is 4.29. The lowest BCUT2D eigenvalue weighted by molar-refractivity contribution is 0.267. The van der Waals surface area contributed by atoms with Crippen molar-refractivity contribution in [1.82, 2.24) is 0 Å². The van der Waals surface area contributed by atoms with E-state index in [0.717, 1.165) is 21.3 Å². The minimum atomic E-state index is 0.475. The summed E-state index contributed by atoms with van der Waals surface area (Å²) in [6.07, 6.45) is 0. The summed E-state index contributed by atoms with van der Waals surface area (Å²) >= 11 is 9.85. The Bertz CT molecular complexity index is 1010. The van der Waals surface area contributed by atoms with Gasteiger partial charge in [-0.05, 0) is 71.2 Å². The quantitative estimate of drug-likeness (QED) is 0.350. The van der Waals surface area contributed by atoms with Crippen molar-refractivity contribution in [3.05, 3.63) is 80.8 Å². The fourth-order valence-electron chi connectivity index (χ4n) is 3.06. The minimum Gasteiger partial charge on any atom is -0.495 e. The van der Waals surface area contributed by atoms with Gasteiger partial charge in [0.15, 0.2) is 11.5 Å². The second-order valence-corrected chi connectivity index (χ2v) is 8.08. The molecule has 0 aliphatic heterocycles. The number of aryl methyl sites for hydroxylation is 1. The van der Waals surface area contributed by atoms with Crippen LogP contribution in [0.3, 0.4) is 0 Å². The fourth-order valence-corrected chi connectivity index (χ4v) is 3.93. The van der Waals surface area contributed by atoms with Crippen LogP contribution in [0.15, 0.2) is 59.1 Å². The average Bonchev–Trinajstić information content (AvgIpc) is 2.72. The highest BCUT2D eigenvalue weighted by Crippen LogP contribution is 2.38. The summed E-state index contributed by atoms with van der Waals surface area (Å²) in [4.78, 5) is 0. The normalized spacial score (nSPS) is 10.6. The van der Waals surface area contributed by atoms with Crippen molar-refractivity contribution >= 4 is 33.2 Å². The molecule has 30 heavy (non-hydrogen) atoms. The summed E-state index contributed by atoms with van der Waals surface area (Å²) in [6.45, 7) is 5.67. The van der Waals surface area contributed by atoms with Crippen molar-refractivity contribution in [1.29, 1.82) is 0 Å². The van der Waals surface area contributed by atoms with Gasteiger partial charge < -0.3 is 19.5 Å². The first-order valence-corrected chi connectivity index (χ1v) is 10.9. The van der Waals surface area contributed by atoms with E-state index < -0.39 is 0 Å². The van der Waals surface area contributed by atoms with Crippen molar-refractivity contribution in [2.45, 2.75) is 27.0 Å². The summed E-state index contributed by atoms with van der Waals surface area (Å²) < 4.78 is 18.0. The lowest BCUT2D eigenvalue weighted by Gasteiger charge is -2.16.